The summed E-state index contributed by atoms with van der Waals surface area (Å²) >= 11 is 0. The Morgan fingerprint density at radius 1 is 1.32 bits per heavy atom. The van der Waals surface area contributed by atoms with Gasteiger partial charge in [0.05, 0.1) is 4.90 Å². The fourth-order valence-corrected chi connectivity index (χ4v) is 3.27. The van der Waals surface area contributed by atoms with Crippen molar-refractivity contribution in [3.8, 4) is 0 Å². The van der Waals surface area contributed by atoms with E-state index in [9.17, 15) is 13.8 Å². The Hall–Kier alpha value is -1.93. The van der Waals surface area contributed by atoms with E-state index in [-0.39, 0.29) is 4.90 Å². The molecule has 138 valence electrons. The monoisotopic (exact) mass is 367 g/mol. The summed E-state index contributed by atoms with van der Waals surface area (Å²) in [6.45, 7) is 5.20. The summed E-state index contributed by atoms with van der Waals surface area (Å²) in [5.74, 6) is -0.348. The molecule has 8 heteroatoms. The van der Waals surface area contributed by atoms with Gasteiger partial charge in [-0.25, -0.2) is 14.1 Å². The largest absolute Gasteiger partial charge is 0.444 e. The first-order chi connectivity index (χ1) is 11.6. The van der Waals surface area contributed by atoms with Gasteiger partial charge in [-0.2, -0.15) is 0 Å². The summed E-state index contributed by atoms with van der Waals surface area (Å²) in [5, 5.41) is 8.29. The van der Waals surface area contributed by atoms with Gasteiger partial charge in [-0.15, -0.1) is 4.36 Å². The van der Waals surface area contributed by atoms with E-state index in [0.717, 1.165) is 12.8 Å². The lowest BCUT2D eigenvalue weighted by Crippen LogP contribution is -2.43. The molecule has 1 aromatic carbocycles. The summed E-state index contributed by atoms with van der Waals surface area (Å²) in [5.41, 5.74) is -0.681. The number of ether oxygens (including phenoxy) is 1. The maximum atomic E-state index is 12.6. The lowest BCUT2D eigenvalue weighted by molar-refractivity contribution is -0.119. The Kier molecular flexibility index (Phi) is 5.84. The fraction of sp³-hybridized carbons (Fsp3) is 0.529. The van der Waals surface area contributed by atoms with Gasteiger partial charge in [0.15, 0.2) is 0 Å². The molecule has 25 heavy (non-hydrogen) atoms. The SMILES string of the molecule is CC(C)(C)OC(=O)N[C@@H](CC1CC1)C(=O)N=S(N)(=O)c1ccccc1. The molecule has 2 rings (SSSR count). The molecule has 1 aliphatic rings. The van der Waals surface area contributed by atoms with Crippen LogP contribution in [0.25, 0.3) is 0 Å². The lowest BCUT2D eigenvalue weighted by atomic mass is 10.1. The third-order valence-corrected chi connectivity index (χ3v) is 4.96. The molecule has 2 amide bonds. The van der Waals surface area contributed by atoms with E-state index in [4.69, 9.17) is 9.88 Å². The Bertz CT molecular complexity index is 745. The van der Waals surface area contributed by atoms with E-state index in [0.29, 0.717) is 12.3 Å². The number of benzene rings is 1. The fourth-order valence-electron chi connectivity index (χ4n) is 2.22. The van der Waals surface area contributed by atoms with E-state index in [1.54, 1.807) is 51.1 Å². The van der Waals surface area contributed by atoms with Gasteiger partial charge >= 0.3 is 6.09 Å². The van der Waals surface area contributed by atoms with Crippen LogP contribution < -0.4 is 10.5 Å². The second kappa shape index (κ2) is 7.53. The van der Waals surface area contributed by atoms with Gasteiger partial charge in [-0.05, 0) is 45.2 Å². The van der Waals surface area contributed by atoms with Gasteiger partial charge < -0.3 is 10.1 Å². The first kappa shape index (κ1) is 19.4. The molecular weight excluding hydrogens is 342 g/mol. The average Bonchev–Trinajstić information content (AvgIpc) is 3.29. The zero-order chi connectivity index (χ0) is 18.7. The van der Waals surface area contributed by atoms with Crippen LogP contribution >= 0.6 is 0 Å². The molecule has 7 nitrogen and oxygen atoms in total. The van der Waals surface area contributed by atoms with Crippen molar-refractivity contribution in [3.05, 3.63) is 30.3 Å². The summed E-state index contributed by atoms with van der Waals surface area (Å²) < 4.78 is 21.5. The van der Waals surface area contributed by atoms with Crippen molar-refractivity contribution in [2.75, 3.05) is 0 Å². The van der Waals surface area contributed by atoms with Crippen molar-refractivity contribution in [1.82, 2.24) is 5.32 Å². The van der Waals surface area contributed by atoms with Crippen molar-refractivity contribution in [1.29, 1.82) is 0 Å². The van der Waals surface area contributed by atoms with Crippen LogP contribution in [0.2, 0.25) is 0 Å². The van der Waals surface area contributed by atoms with Crippen molar-refractivity contribution in [3.63, 3.8) is 0 Å². The standard InChI is InChI=1S/C17H25N3O4S/c1-17(2,3)24-16(22)19-14(11-12-9-10-12)15(21)20-25(18,23)13-7-5-4-6-8-13/h4-8,12,14H,9-11H2,1-3H3,(H,19,22)(H2,18,20,21,23)/t14-,25?/m0/s1. The normalized spacial score (nSPS) is 17.9. The van der Waals surface area contributed by atoms with E-state index >= 15 is 0 Å². The van der Waals surface area contributed by atoms with Gasteiger partial charge in [0.2, 0.25) is 0 Å². The third kappa shape index (κ3) is 6.47. The maximum absolute atomic E-state index is 12.6. The number of nitrogens with one attached hydrogen (secondary N) is 1. The molecule has 0 spiro atoms. The molecule has 0 aromatic heterocycles. The van der Waals surface area contributed by atoms with E-state index in [1.807, 2.05) is 0 Å². The van der Waals surface area contributed by atoms with Gasteiger partial charge in [-0.1, -0.05) is 31.0 Å². The van der Waals surface area contributed by atoms with Gasteiger partial charge in [0.25, 0.3) is 5.91 Å². The lowest BCUT2D eigenvalue weighted by Gasteiger charge is -2.22. The molecule has 0 saturated heterocycles. The van der Waals surface area contributed by atoms with E-state index in [1.165, 1.54) is 0 Å². The van der Waals surface area contributed by atoms with Crippen LogP contribution in [0.4, 0.5) is 4.79 Å². The molecule has 1 aliphatic carbocycles. The molecular formula is C17H25N3O4S. The molecule has 1 saturated carbocycles. The Balaban J connectivity index is 2.16. The predicted octanol–water partition coefficient (Wildman–Crippen LogP) is 2.61. The number of hydrogen-bond acceptors (Lipinski definition) is 4. The van der Waals surface area contributed by atoms with Crippen molar-refractivity contribution >= 4 is 21.9 Å². The average molecular weight is 367 g/mol. The highest BCUT2D eigenvalue weighted by Crippen LogP contribution is 2.34. The number of carbonyl (C=O) groups is 2. The number of rotatable bonds is 5. The number of nitrogens with two attached hydrogens (primary N) is 1. The second-order valence-corrected chi connectivity index (χ2v) is 8.98. The minimum absolute atomic E-state index is 0.269. The van der Waals surface area contributed by atoms with E-state index < -0.39 is 33.6 Å². The predicted molar refractivity (Wildman–Crippen MR) is 95.0 cm³/mol. The summed E-state index contributed by atoms with van der Waals surface area (Å²) in [4.78, 5) is 24.8. The number of amides is 2. The first-order valence-electron chi connectivity index (χ1n) is 8.20. The van der Waals surface area contributed by atoms with E-state index in [2.05, 4.69) is 9.68 Å². The minimum Gasteiger partial charge on any atom is -0.444 e. The summed E-state index contributed by atoms with van der Waals surface area (Å²) in [7, 11) is -3.36. The Morgan fingerprint density at radius 3 is 2.44 bits per heavy atom. The first-order valence-corrected chi connectivity index (χ1v) is 9.78. The second-order valence-electron chi connectivity index (χ2n) is 7.19. The highest BCUT2D eigenvalue weighted by atomic mass is 32.2. The van der Waals surface area contributed by atoms with Crippen molar-refractivity contribution < 1.29 is 18.5 Å². The maximum Gasteiger partial charge on any atom is 0.408 e. The van der Waals surface area contributed by atoms with Crippen molar-refractivity contribution in [2.24, 2.45) is 15.4 Å². The smallest absolute Gasteiger partial charge is 0.408 e. The van der Waals surface area contributed by atoms with Crippen LogP contribution in [-0.4, -0.2) is 27.9 Å². The molecule has 3 N–H and O–H groups in total. The summed E-state index contributed by atoms with van der Waals surface area (Å²) in [6.07, 6.45) is 1.73. The zero-order valence-electron chi connectivity index (χ0n) is 14.7. The highest BCUT2D eigenvalue weighted by Gasteiger charge is 2.32. The van der Waals surface area contributed by atoms with Gasteiger partial charge in [0, 0.05) is 0 Å². The number of nitrogens with zero attached hydrogens (tertiary/aromatic N) is 1. The van der Waals surface area contributed by atoms with Gasteiger partial charge in [0.1, 0.15) is 21.6 Å². The molecule has 2 atom stereocenters. The number of carbonyl (C=O) groups excluding carboxylic acids is 2. The van der Waals surface area contributed by atoms with Crippen LogP contribution in [0.1, 0.15) is 40.0 Å². The number of alkyl carbamates (subject to hydrolysis) is 1. The highest BCUT2D eigenvalue weighted by molar-refractivity contribution is 7.91. The third-order valence-electron chi connectivity index (χ3n) is 3.56. The summed E-state index contributed by atoms with van der Waals surface area (Å²) in [6, 6.07) is 7.30. The molecule has 0 radical (unpaired) electrons. The molecule has 1 fully saturated rings. The Labute approximate surface area is 148 Å². The van der Waals surface area contributed by atoms with Crippen LogP contribution in [0.5, 0.6) is 0 Å². The molecule has 0 heterocycles. The quantitative estimate of drug-likeness (QED) is 0.833. The van der Waals surface area contributed by atoms with Gasteiger partial charge in [-0.3, -0.25) is 4.79 Å². The Morgan fingerprint density at radius 2 is 1.92 bits per heavy atom. The zero-order valence-corrected chi connectivity index (χ0v) is 15.5. The molecule has 1 aromatic rings. The molecule has 1 unspecified atom stereocenters. The minimum atomic E-state index is -3.36. The number of hydrogen-bond donors (Lipinski definition) is 2. The van der Waals surface area contributed by atoms with Crippen LogP contribution in [0.15, 0.2) is 39.6 Å². The van der Waals surface area contributed by atoms with Crippen molar-refractivity contribution in [2.45, 2.75) is 56.6 Å². The van der Waals surface area contributed by atoms with Crippen LogP contribution in [-0.2, 0) is 19.4 Å². The molecule has 0 bridgehead atoms. The van der Waals surface area contributed by atoms with Crippen LogP contribution in [0.3, 0.4) is 0 Å². The topological polar surface area (TPSA) is 111 Å². The van der Waals surface area contributed by atoms with Crippen LogP contribution in [0, 0.1) is 5.92 Å². The molecule has 0 aliphatic heterocycles.